The van der Waals surface area contributed by atoms with Gasteiger partial charge in [0.15, 0.2) is 17.4 Å². The molecule has 2 aliphatic rings. The van der Waals surface area contributed by atoms with Crippen molar-refractivity contribution in [3.63, 3.8) is 0 Å². The minimum Gasteiger partial charge on any atom is -0.505 e. The Morgan fingerprint density at radius 2 is 2.17 bits per heavy atom. The highest BCUT2D eigenvalue weighted by atomic mass is 32.2. The van der Waals surface area contributed by atoms with Gasteiger partial charge < -0.3 is 20.1 Å². The Kier molecular flexibility index (Phi) is 6.01. The smallest absolute Gasteiger partial charge is 0.345 e. The average molecular weight is 436 g/mol. The lowest BCUT2D eigenvalue weighted by Crippen LogP contribution is -2.31. The van der Waals surface area contributed by atoms with Crippen LogP contribution in [0.25, 0.3) is 0 Å². The van der Waals surface area contributed by atoms with Gasteiger partial charge in [-0.05, 0) is 23.6 Å². The number of hydrogen-bond acceptors (Lipinski definition) is 7. The second-order valence-corrected chi connectivity index (χ2v) is 8.88. The highest BCUT2D eigenvalue weighted by Gasteiger charge is 2.29. The molecule has 11 heteroatoms. The third kappa shape index (κ3) is 4.73. The quantitative estimate of drug-likeness (QED) is 0.600. The van der Waals surface area contributed by atoms with E-state index in [1.807, 2.05) is 0 Å². The standard InChI is InChI=1S/C19H25N5O5S/c1-11(2)12-8-13(29-10-12)9-20-17-18(23-30(27,28)22-17)21-15-7-5-6-14(16(15)25)19(26)24(3)4/h5-7,10-11,13,25H,8-9H2,1-4H3,(H,20,22)(H,21,23). The first-order valence-electron chi connectivity index (χ1n) is 9.40. The van der Waals surface area contributed by atoms with Crippen molar-refractivity contribution in [3.8, 4) is 5.75 Å². The highest BCUT2D eigenvalue weighted by molar-refractivity contribution is 7.89. The number of carbonyl (C=O) groups excluding carboxylic acids is 1. The van der Waals surface area contributed by atoms with Crippen LogP contribution in [0.3, 0.4) is 0 Å². The zero-order valence-electron chi connectivity index (χ0n) is 17.2. The van der Waals surface area contributed by atoms with E-state index in [1.165, 1.54) is 22.6 Å². The van der Waals surface area contributed by atoms with Gasteiger partial charge >= 0.3 is 10.2 Å². The Morgan fingerprint density at radius 3 is 2.80 bits per heavy atom. The molecule has 0 saturated heterocycles. The number of benzene rings is 1. The van der Waals surface area contributed by atoms with Crippen molar-refractivity contribution in [1.82, 2.24) is 9.62 Å². The number of carbonyl (C=O) groups is 1. The number of amidine groups is 2. The number of aliphatic imine (C=N–C) groups is 1. The summed E-state index contributed by atoms with van der Waals surface area (Å²) in [5, 5.41) is 13.2. The molecule has 0 fully saturated rings. The van der Waals surface area contributed by atoms with Crippen LogP contribution in [0.2, 0.25) is 0 Å². The van der Waals surface area contributed by atoms with E-state index in [1.54, 1.807) is 26.4 Å². The molecule has 0 saturated carbocycles. The van der Waals surface area contributed by atoms with Crippen molar-refractivity contribution >= 4 is 33.5 Å². The molecule has 0 spiro atoms. The van der Waals surface area contributed by atoms with Gasteiger partial charge in [-0.1, -0.05) is 19.9 Å². The Labute approximate surface area is 175 Å². The predicted molar refractivity (Wildman–Crippen MR) is 114 cm³/mol. The second-order valence-electron chi connectivity index (χ2n) is 7.54. The van der Waals surface area contributed by atoms with E-state index in [-0.39, 0.29) is 41.3 Å². The zero-order chi connectivity index (χ0) is 22.1. The molecule has 3 rings (SSSR count). The maximum atomic E-state index is 12.2. The van der Waals surface area contributed by atoms with Crippen LogP contribution in [0.4, 0.5) is 5.69 Å². The Balaban J connectivity index is 1.79. The minimum absolute atomic E-state index is 0.0142. The summed E-state index contributed by atoms with van der Waals surface area (Å²) in [7, 11) is -0.825. The lowest BCUT2D eigenvalue weighted by Gasteiger charge is -2.14. The lowest BCUT2D eigenvalue weighted by molar-refractivity contribution is 0.0824. The number of phenols is 1. The molecule has 1 aromatic rings. The molecule has 1 aromatic carbocycles. The number of aromatic hydroxyl groups is 1. The fourth-order valence-electron chi connectivity index (χ4n) is 2.95. The van der Waals surface area contributed by atoms with Crippen molar-refractivity contribution in [3.05, 3.63) is 35.6 Å². The minimum atomic E-state index is -3.95. The number of ether oxygens (including phenoxy) is 1. The van der Waals surface area contributed by atoms with E-state index >= 15 is 0 Å². The number of para-hydroxylation sites is 1. The topological polar surface area (TPSA) is 133 Å². The SMILES string of the molecule is CC(C)C1=COC(CN=C2NS(=O)(=O)N=C2Nc2cccc(C(=O)N(C)C)c2O)C1. The van der Waals surface area contributed by atoms with Crippen LogP contribution in [0, 0.1) is 5.92 Å². The van der Waals surface area contributed by atoms with Crippen molar-refractivity contribution < 1.29 is 23.1 Å². The molecular weight excluding hydrogens is 410 g/mol. The molecule has 162 valence electrons. The first-order valence-corrected chi connectivity index (χ1v) is 10.8. The van der Waals surface area contributed by atoms with Gasteiger partial charge in [0, 0.05) is 20.5 Å². The molecular formula is C19H25N5O5S. The average Bonchev–Trinajstić information content (AvgIpc) is 3.25. The van der Waals surface area contributed by atoms with Gasteiger partial charge in [0.05, 0.1) is 24.1 Å². The number of amides is 1. The first kappa shape index (κ1) is 21.6. The summed E-state index contributed by atoms with van der Waals surface area (Å²) in [5.41, 5.74) is 1.38. The molecule has 10 nitrogen and oxygen atoms in total. The summed E-state index contributed by atoms with van der Waals surface area (Å²) in [6, 6.07) is 4.55. The zero-order valence-corrected chi connectivity index (χ0v) is 18.0. The third-order valence-corrected chi connectivity index (χ3v) is 5.53. The van der Waals surface area contributed by atoms with E-state index in [2.05, 4.69) is 33.3 Å². The number of phenolic OH excluding ortho intramolecular Hbond substituents is 1. The molecule has 2 aliphatic heterocycles. The van der Waals surface area contributed by atoms with Crippen molar-refractivity contribution in [1.29, 1.82) is 0 Å². The molecule has 0 bridgehead atoms. The third-order valence-electron chi connectivity index (χ3n) is 4.66. The van der Waals surface area contributed by atoms with Gasteiger partial charge in [-0.3, -0.25) is 9.79 Å². The monoisotopic (exact) mass is 435 g/mol. The maximum absolute atomic E-state index is 12.2. The van der Waals surface area contributed by atoms with Crippen LogP contribution in [-0.2, 0) is 14.9 Å². The normalized spacial score (nSPS) is 21.1. The van der Waals surface area contributed by atoms with Crippen LogP contribution >= 0.6 is 0 Å². The van der Waals surface area contributed by atoms with Crippen LogP contribution in [-0.4, -0.2) is 62.7 Å². The van der Waals surface area contributed by atoms with Crippen LogP contribution in [0.15, 0.2) is 39.4 Å². The van der Waals surface area contributed by atoms with E-state index in [0.29, 0.717) is 5.92 Å². The Hall–Kier alpha value is -3.08. The number of nitrogens with zero attached hydrogens (tertiary/aromatic N) is 3. The van der Waals surface area contributed by atoms with Crippen LogP contribution in [0.1, 0.15) is 30.6 Å². The van der Waals surface area contributed by atoms with E-state index in [4.69, 9.17) is 4.74 Å². The molecule has 1 amide bonds. The molecule has 1 unspecified atom stereocenters. The summed E-state index contributed by atoms with van der Waals surface area (Å²) in [4.78, 5) is 17.8. The lowest BCUT2D eigenvalue weighted by atomic mass is 10.0. The first-order chi connectivity index (χ1) is 14.1. The van der Waals surface area contributed by atoms with Crippen molar-refractivity contribution in [2.45, 2.75) is 26.4 Å². The number of anilines is 1. The van der Waals surface area contributed by atoms with Gasteiger partial charge in [-0.15, -0.1) is 4.40 Å². The summed E-state index contributed by atoms with van der Waals surface area (Å²) < 4.78 is 35.3. The van der Waals surface area contributed by atoms with Crippen LogP contribution < -0.4 is 10.0 Å². The van der Waals surface area contributed by atoms with Gasteiger partial charge in [-0.25, -0.2) is 4.72 Å². The summed E-state index contributed by atoms with van der Waals surface area (Å²) >= 11 is 0. The predicted octanol–water partition coefficient (Wildman–Crippen LogP) is 1.48. The molecule has 0 aromatic heterocycles. The molecule has 0 aliphatic carbocycles. The molecule has 3 N–H and O–H groups in total. The number of hydrogen-bond donors (Lipinski definition) is 3. The van der Waals surface area contributed by atoms with Gasteiger partial charge in [0.1, 0.15) is 6.10 Å². The molecule has 1 atom stereocenters. The van der Waals surface area contributed by atoms with E-state index in [9.17, 15) is 18.3 Å². The van der Waals surface area contributed by atoms with Gasteiger partial charge in [-0.2, -0.15) is 8.42 Å². The van der Waals surface area contributed by atoms with Crippen molar-refractivity contribution in [2.24, 2.45) is 15.3 Å². The highest BCUT2D eigenvalue weighted by Crippen LogP contribution is 2.29. The van der Waals surface area contributed by atoms with E-state index in [0.717, 1.165) is 6.42 Å². The fourth-order valence-corrected chi connectivity index (χ4v) is 3.77. The maximum Gasteiger partial charge on any atom is 0.345 e. The van der Waals surface area contributed by atoms with Gasteiger partial charge in [0.25, 0.3) is 5.91 Å². The number of nitrogens with one attached hydrogen (secondary N) is 2. The number of rotatable bonds is 5. The second kappa shape index (κ2) is 8.34. The Morgan fingerprint density at radius 1 is 1.43 bits per heavy atom. The Bertz CT molecular complexity index is 1040. The molecule has 30 heavy (non-hydrogen) atoms. The van der Waals surface area contributed by atoms with Crippen molar-refractivity contribution in [2.75, 3.05) is 26.0 Å². The summed E-state index contributed by atoms with van der Waals surface area (Å²) in [6.45, 7) is 4.38. The van der Waals surface area contributed by atoms with Crippen LogP contribution in [0.5, 0.6) is 5.75 Å². The summed E-state index contributed by atoms with van der Waals surface area (Å²) in [5.74, 6) is -0.398. The molecule has 0 radical (unpaired) electrons. The van der Waals surface area contributed by atoms with Gasteiger partial charge in [0.2, 0.25) is 0 Å². The summed E-state index contributed by atoms with van der Waals surface area (Å²) in [6.07, 6.45) is 2.26. The largest absolute Gasteiger partial charge is 0.505 e. The molecule has 2 heterocycles. The van der Waals surface area contributed by atoms with E-state index < -0.39 is 16.1 Å². The fraction of sp³-hybridized carbons (Fsp3) is 0.421.